The first-order valence-corrected chi connectivity index (χ1v) is 10.6. The molecule has 0 unspecified atom stereocenters. The van der Waals surface area contributed by atoms with E-state index in [0.717, 1.165) is 34.2 Å². The third kappa shape index (κ3) is 3.55. The molecule has 0 saturated carbocycles. The van der Waals surface area contributed by atoms with Gasteiger partial charge in [0.25, 0.3) is 0 Å². The van der Waals surface area contributed by atoms with Crippen molar-refractivity contribution in [3.63, 3.8) is 0 Å². The monoisotopic (exact) mass is 403 g/mol. The first-order chi connectivity index (χ1) is 14.2. The third-order valence-electron chi connectivity index (χ3n) is 5.94. The fourth-order valence-corrected chi connectivity index (χ4v) is 4.80. The Morgan fingerprint density at radius 1 is 1.10 bits per heavy atom. The van der Waals surface area contributed by atoms with Crippen LogP contribution in [0.15, 0.2) is 65.0 Å². The lowest BCUT2D eigenvalue weighted by molar-refractivity contribution is -0.143. The first kappa shape index (κ1) is 20.4. The van der Waals surface area contributed by atoms with Crippen LogP contribution >= 0.6 is 0 Å². The highest BCUT2D eigenvalue weighted by atomic mass is 16.5. The van der Waals surface area contributed by atoms with E-state index < -0.39 is 5.92 Å². The number of esters is 1. The number of dihydropyridines is 1. The third-order valence-corrected chi connectivity index (χ3v) is 5.94. The first-order valence-electron chi connectivity index (χ1n) is 10.6. The van der Waals surface area contributed by atoms with E-state index in [4.69, 9.17) is 4.74 Å². The zero-order valence-electron chi connectivity index (χ0n) is 18.3. The molecule has 2 aromatic carbocycles. The van der Waals surface area contributed by atoms with Crippen LogP contribution in [0.2, 0.25) is 0 Å². The van der Waals surface area contributed by atoms with Crippen molar-refractivity contribution >= 4 is 22.5 Å². The molecule has 1 atom stereocenters. The number of Topliss-reactive ketones (excluding diaryl/α,β-unsaturated/α-hetero) is 1. The van der Waals surface area contributed by atoms with Gasteiger partial charge in [-0.1, -0.05) is 56.3 Å². The summed E-state index contributed by atoms with van der Waals surface area (Å²) in [4.78, 5) is 26.6. The van der Waals surface area contributed by atoms with Crippen LogP contribution in [0.5, 0.6) is 0 Å². The van der Waals surface area contributed by atoms with Crippen LogP contribution in [-0.2, 0) is 14.3 Å². The van der Waals surface area contributed by atoms with E-state index in [9.17, 15) is 9.59 Å². The van der Waals surface area contributed by atoms with Gasteiger partial charge in [0.15, 0.2) is 5.78 Å². The fourth-order valence-electron chi connectivity index (χ4n) is 4.80. The molecule has 4 heteroatoms. The Bertz CT molecular complexity index is 1100. The second-order valence-electron chi connectivity index (χ2n) is 9.45. The lowest BCUT2D eigenvalue weighted by Crippen LogP contribution is -2.39. The summed E-state index contributed by atoms with van der Waals surface area (Å²) in [5.74, 6) is -0.687. The van der Waals surface area contributed by atoms with Gasteiger partial charge in [0.2, 0.25) is 0 Å². The molecular formula is C26H29NO3. The maximum Gasteiger partial charge on any atom is 0.337 e. The molecule has 0 saturated heterocycles. The fraction of sp³-hybridized carbons (Fsp3) is 0.385. The van der Waals surface area contributed by atoms with E-state index in [1.54, 1.807) is 0 Å². The van der Waals surface area contributed by atoms with Gasteiger partial charge in [-0.15, -0.1) is 0 Å². The standard InChI is InChI=1S/C26H29NO3/c1-15(2)30-25(29)22-16(3)27-20-13-26(4,5)14-21(28)24(20)23(22)19-12-8-10-17-9-6-7-11-18(17)19/h6-12,15,23,27H,13-14H2,1-5H3/t23-/m0/s1. The van der Waals surface area contributed by atoms with Crippen molar-refractivity contribution < 1.29 is 14.3 Å². The number of nitrogens with one attached hydrogen (secondary N) is 1. The number of carbonyl (C=O) groups is 2. The minimum Gasteiger partial charge on any atom is -0.460 e. The molecule has 30 heavy (non-hydrogen) atoms. The van der Waals surface area contributed by atoms with E-state index in [-0.39, 0.29) is 23.3 Å². The lowest BCUT2D eigenvalue weighted by Gasteiger charge is -2.39. The minimum absolute atomic E-state index is 0.106. The van der Waals surface area contributed by atoms with Crippen molar-refractivity contribution in [2.24, 2.45) is 5.41 Å². The number of ether oxygens (including phenoxy) is 1. The summed E-state index contributed by atoms with van der Waals surface area (Å²) < 4.78 is 5.61. The zero-order valence-corrected chi connectivity index (χ0v) is 18.3. The number of rotatable bonds is 3. The molecule has 2 aliphatic rings. The predicted octanol–water partition coefficient (Wildman–Crippen LogP) is 5.40. The van der Waals surface area contributed by atoms with Gasteiger partial charge in [-0.2, -0.15) is 0 Å². The minimum atomic E-state index is -0.429. The van der Waals surface area contributed by atoms with Gasteiger partial charge >= 0.3 is 5.97 Å². The molecule has 1 heterocycles. The second kappa shape index (κ2) is 7.42. The maximum absolute atomic E-state index is 13.4. The molecule has 2 aromatic rings. The SMILES string of the molecule is CC1=C(C(=O)OC(C)C)[C@H](c2cccc3ccccc23)C2=C(CC(C)(C)CC2=O)N1. The highest BCUT2D eigenvalue weighted by Crippen LogP contribution is 2.48. The summed E-state index contributed by atoms with van der Waals surface area (Å²) in [5, 5.41) is 5.54. The van der Waals surface area contributed by atoms with Crippen molar-refractivity contribution in [3.8, 4) is 0 Å². The number of benzene rings is 2. The zero-order chi connectivity index (χ0) is 21.6. The van der Waals surface area contributed by atoms with Crippen LogP contribution in [0, 0.1) is 5.41 Å². The van der Waals surface area contributed by atoms with Gasteiger partial charge < -0.3 is 10.1 Å². The van der Waals surface area contributed by atoms with E-state index >= 15 is 0 Å². The summed E-state index contributed by atoms with van der Waals surface area (Å²) in [5.41, 5.74) is 3.82. The van der Waals surface area contributed by atoms with Gasteiger partial charge in [0, 0.05) is 29.3 Å². The van der Waals surface area contributed by atoms with Gasteiger partial charge in [0.05, 0.1) is 11.7 Å². The van der Waals surface area contributed by atoms with Crippen molar-refractivity contribution in [1.82, 2.24) is 5.32 Å². The maximum atomic E-state index is 13.4. The van der Waals surface area contributed by atoms with E-state index in [0.29, 0.717) is 17.6 Å². The summed E-state index contributed by atoms with van der Waals surface area (Å²) >= 11 is 0. The molecule has 4 nitrogen and oxygen atoms in total. The second-order valence-corrected chi connectivity index (χ2v) is 9.45. The van der Waals surface area contributed by atoms with E-state index in [2.05, 4.69) is 37.4 Å². The molecule has 0 fully saturated rings. The smallest absolute Gasteiger partial charge is 0.337 e. The summed E-state index contributed by atoms with van der Waals surface area (Å²) in [6.45, 7) is 9.83. The number of hydrogen-bond acceptors (Lipinski definition) is 4. The van der Waals surface area contributed by atoms with Crippen molar-refractivity contribution in [3.05, 3.63) is 70.6 Å². The Morgan fingerprint density at radius 3 is 2.53 bits per heavy atom. The van der Waals surface area contributed by atoms with Crippen LogP contribution < -0.4 is 5.32 Å². The Hall–Kier alpha value is -2.88. The summed E-state index contributed by atoms with van der Waals surface area (Å²) in [7, 11) is 0. The van der Waals surface area contributed by atoms with Crippen molar-refractivity contribution in [2.45, 2.75) is 59.5 Å². The van der Waals surface area contributed by atoms with Gasteiger partial charge in [-0.3, -0.25) is 4.79 Å². The molecule has 0 bridgehead atoms. The van der Waals surface area contributed by atoms with Crippen LogP contribution in [0.3, 0.4) is 0 Å². The Balaban J connectivity index is 1.96. The number of carbonyl (C=O) groups excluding carboxylic acids is 2. The summed E-state index contributed by atoms with van der Waals surface area (Å²) in [6.07, 6.45) is 1.02. The number of allylic oxidation sites excluding steroid dienone is 3. The van der Waals surface area contributed by atoms with E-state index in [1.807, 2.05) is 45.0 Å². The quantitative estimate of drug-likeness (QED) is 0.698. The Morgan fingerprint density at radius 2 is 1.80 bits per heavy atom. The lowest BCUT2D eigenvalue weighted by atomic mass is 9.68. The largest absolute Gasteiger partial charge is 0.460 e. The van der Waals surface area contributed by atoms with Crippen LogP contribution in [0.25, 0.3) is 10.8 Å². The molecule has 0 aromatic heterocycles. The normalized spacial score (nSPS) is 21.0. The topological polar surface area (TPSA) is 55.4 Å². The highest BCUT2D eigenvalue weighted by Gasteiger charge is 2.43. The summed E-state index contributed by atoms with van der Waals surface area (Å²) in [6, 6.07) is 14.2. The molecule has 0 spiro atoms. The highest BCUT2D eigenvalue weighted by molar-refractivity contribution is 6.05. The molecule has 4 rings (SSSR count). The number of hydrogen-bond donors (Lipinski definition) is 1. The van der Waals surface area contributed by atoms with Gasteiger partial charge in [-0.05, 0) is 48.9 Å². The van der Waals surface area contributed by atoms with Gasteiger partial charge in [-0.25, -0.2) is 4.79 Å². The van der Waals surface area contributed by atoms with Crippen molar-refractivity contribution in [1.29, 1.82) is 0 Å². The van der Waals surface area contributed by atoms with Crippen LogP contribution in [0.4, 0.5) is 0 Å². The molecule has 0 radical (unpaired) electrons. The average molecular weight is 404 g/mol. The molecule has 156 valence electrons. The molecular weight excluding hydrogens is 374 g/mol. The van der Waals surface area contributed by atoms with E-state index in [1.165, 1.54) is 0 Å². The molecule has 0 amide bonds. The van der Waals surface area contributed by atoms with Crippen LogP contribution in [0.1, 0.15) is 58.9 Å². The number of ketones is 1. The Labute approximate surface area is 178 Å². The predicted molar refractivity (Wildman–Crippen MR) is 119 cm³/mol. The average Bonchev–Trinajstić information content (AvgIpc) is 2.64. The molecule has 1 aliphatic carbocycles. The molecule has 1 N–H and O–H groups in total. The van der Waals surface area contributed by atoms with Gasteiger partial charge in [0.1, 0.15) is 0 Å². The van der Waals surface area contributed by atoms with Crippen LogP contribution in [-0.4, -0.2) is 17.9 Å². The number of fused-ring (bicyclic) bond motifs is 1. The van der Waals surface area contributed by atoms with Crippen molar-refractivity contribution in [2.75, 3.05) is 0 Å². The Kier molecular flexibility index (Phi) is 5.05. The molecule has 1 aliphatic heterocycles.